The number of aromatic nitrogens is 1. The predicted octanol–water partition coefficient (Wildman–Crippen LogP) is 3.30. The van der Waals surface area contributed by atoms with Crippen molar-refractivity contribution in [2.24, 2.45) is 5.92 Å². The van der Waals surface area contributed by atoms with Crippen molar-refractivity contribution in [1.82, 2.24) is 9.88 Å². The third-order valence-electron chi connectivity index (χ3n) is 4.96. The first-order valence-electron chi connectivity index (χ1n) is 8.37. The van der Waals surface area contributed by atoms with Gasteiger partial charge in [-0.15, -0.1) is 0 Å². The van der Waals surface area contributed by atoms with E-state index in [2.05, 4.69) is 10.3 Å². The molecule has 1 aliphatic heterocycles. The maximum absolute atomic E-state index is 13.3. The van der Waals surface area contributed by atoms with Crippen LogP contribution in [0.5, 0.6) is 0 Å². The molecule has 2 aliphatic rings. The highest BCUT2D eigenvalue weighted by molar-refractivity contribution is 7.22. The van der Waals surface area contributed by atoms with Crippen LogP contribution < -0.4 is 5.32 Å². The smallest absolute Gasteiger partial charge is 0.231 e. The van der Waals surface area contributed by atoms with Crippen molar-refractivity contribution < 1.29 is 18.4 Å². The van der Waals surface area contributed by atoms with Gasteiger partial charge in [-0.1, -0.05) is 24.2 Å². The molecule has 2 fully saturated rings. The van der Waals surface area contributed by atoms with Crippen molar-refractivity contribution in [3.05, 3.63) is 23.8 Å². The Morgan fingerprint density at radius 2 is 1.96 bits per heavy atom. The number of nitrogens with zero attached hydrogens (tertiary/aromatic N) is 2. The first-order valence-corrected chi connectivity index (χ1v) is 9.19. The monoisotopic (exact) mass is 365 g/mol. The number of thiazole rings is 1. The molecule has 1 aromatic carbocycles. The number of rotatable bonds is 3. The summed E-state index contributed by atoms with van der Waals surface area (Å²) in [5, 5.41) is 2.98. The van der Waals surface area contributed by atoms with Crippen LogP contribution in [0.4, 0.5) is 13.9 Å². The minimum absolute atomic E-state index is 0.0282. The maximum Gasteiger partial charge on any atom is 0.231 e. The van der Waals surface area contributed by atoms with E-state index in [1.807, 2.05) is 4.90 Å². The Balaban J connectivity index is 1.46. The minimum Gasteiger partial charge on any atom is -0.339 e. The highest BCUT2D eigenvalue weighted by Gasteiger charge is 2.38. The van der Waals surface area contributed by atoms with Crippen LogP contribution in [0.15, 0.2) is 12.1 Å². The van der Waals surface area contributed by atoms with Crippen LogP contribution in [0.25, 0.3) is 10.2 Å². The Bertz CT molecular complexity index is 809. The number of hydrogen-bond acceptors (Lipinski definition) is 4. The fraction of sp³-hybridized carbons (Fsp3) is 0.471. The van der Waals surface area contributed by atoms with Crippen LogP contribution in [0.1, 0.15) is 32.1 Å². The number of carbonyl (C=O) groups is 2. The summed E-state index contributed by atoms with van der Waals surface area (Å²) in [7, 11) is 0. The van der Waals surface area contributed by atoms with Gasteiger partial charge in [0.1, 0.15) is 0 Å². The number of anilines is 1. The normalized spacial score (nSPS) is 21.4. The zero-order valence-corrected chi connectivity index (χ0v) is 14.2. The number of fused-ring (bicyclic) bond motifs is 1. The van der Waals surface area contributed by atoms with Crippen LogP contribution in [0.2, 0.25) is 0 Å². The van der Waals surface area contributed by atoms with Crippen LogP contribution in [-0.2, 0) is 9.59 Å². The van der Waals surface area contributed by atoms with Gasteiger partial charge in [-0.3, -0.25) is 9.59 Å². The highest BCUT2D eigenvalue weighted by Crippen LogP contribution is 2.31. The summed E-state index contributed by atoms with van der Waals surface area (Å²) in [4.78, 5) is 30.6. The van der Waals surface area contributed by atoms with Gasteiger partial charge in [0.05, 0.1) is 16.1 Å². The Hall–Kier alpha value is -2.09. The predicted molar refractivity (Wildman–Crippen MR) is 90.2 cm³/mol. The molecule has 25 heavy (non-hydrogen) atoms. The zero-order chi connectivity index (χ0) is 17.6. The molecule has 2 heterocycles. The van der Waals surface area contributed by atoms with Gasteiger partial charge in [-0.25, -0.2) is 13.8 Å². The lowest BCUT2D eigenvalue weighted by Crippen LogP contribution is -2.35. The fourth-order valence-electron chi connectivity index (χ4n) is 3.66. The second-order valence-corrected chi connectivity index (χ2v) is 7.66. The van der Waals surface area contributed by atoms with Gasteiger partial charge in [0, 0.05) is 25.1 Å². The molecule has 1 saturated heterocycles. The summed E-state index contributed by atoms with van der Waals surface area (Å²) in [5.41, 5.74) is 0.300. The Labute approximate surface area is 147 Å². The van der Waals surface area contributed by atoms with Crippen molar-refractivity contribution in [1.29, 1.82) is 0 Å². The van der Waals surface area contributed by atoms with Gasteiger partial charge in [-0.2, -0.15) is 0 Å². The summed E-state index contributed by atoms with van der Waals surface area (Å²) in [6.45, 7) is 0.434. The number of carbonyl (C=O) groups excluding carboxylic acids is 2. The maximum atomic E-state index is 13.3. The van der Waals surface area contributed by atoms with E-state index in [1.54, 1.807) is 0 Å². The highest BCUT2D eigenvalue weighted by atomic mass is 32.1. The van der Waals surface area contributed by atoms with E-state index in [0.717, 1.165) is 49.2 Å². The molecule has 0 spiro atoms. The molecule has 1 N–H and O–H groups in total. The van der Waals surface area contributed by atoms with Gasteiger partial charge in [0.15, 0.2) is 16.8 Å². The molecule has 1 saturated carbocycles. The summed E-state index contributed by atoms with van der Waals surface area (Å²) in [5.74, 6) is -2.56. The first-order chi connectivity index (χ1) is 12.0. The number of nitrogens with one attached hydrogen (secondary N) is 1. The molecular formula is C17H17F2N3O2S. The number of likely N-dealkylation sites (tertiary alicyclic amines) is 1. The van der Waals surface area contributed by atoms with E-state index in [9.17, 15) is 18.4 Å². The van der Waals surface area contributed by atoms with Crippen LogP contribution in [-0.4, -0.2) is 34.3 Å². The average Bonchev–Trinajstić information content (AvgIpc) is 3.27. The first kappa shape index (κ1) is 16.4. The van der Waals surface area contributed by atoms with E-state index in [0.29, 0.717) is 16.8 Å². The van der Waals surface area contributed by atoms with Crippen molar-refractivity contribution >= 4 is 38.5 Å². The third kappa shape index (κ3) is 3.10. The van der Waals surface area contributed by atoms with Crippen molar-refractivity contribution in [2.75, 3.05) is 11.9 Å². The number of benzene rings is 1. The van der Waals surface area contributed by atoms with E-state index < -0.39 is 17.6 Å². The lowest BCUT2D eigenvalue weighted by atomic mass is 10.1. The number of amides is 2. The zero-order valence-electron chi connectivity index (χ0n) is 13.4. The molecule has 132 valence electrons. The van der Waals surface area contributed by atoms with Gasteiger partial charge in [-0.05, 0) is 18.9 Å². The third-order valence-corrected chi connectivity index (χ3v) is 5.89. The molecule has 0 unspecified atom stereocenters. The molecule has 8 heteroatoms. The molecule has 5 nitrogen and oxygen atoms in total. The van der Waals surface area contributed by atoms with Gasteiger partial charge in [0.25, 0.3) is 0 Å². The number of halogens is 2. The van der Waals surface area contributed by atoms with E-state index >= 15 is 0 Å². The number of hydrogen-bond donors (Lipinski definition) is 1. The Kier molecular flexibility index (Phi) is 4.15. The summed E-state index contributed by atoms with van der Waals surface area (Å²) < 4.78 is 27.0. The van der Waals surface area contributed by atoms with Crippen molar-refractivity contribution in [2.45, 2.75) is 38.1 Å². The summed E-state index contributed by atoms with van der Waals surface area (Å²) in [6.07, 6.45) is 4.48. The minimum atomic E-state index is -0.968. The summed E-state index contributed by atoms with van der Waals surface area (Å²) >= 11 is 1.09. The molecule has 2 amide bonds. The lowest BCUT2D eigenvalue weighted by Gasteiger charge is -2.23. The molecule has 0 radical (unpaired) electrons. The van der Waals surface area contributed by atoms with E-state index in [-0.39, 0.29) is 29.4 Å². The van der Waals surface area contributed by atoms with Gasteiger partial charge < -0.3 is 10.2 Å². The van der Waals surface area contributed by atoms with Crippen LogP contribution in [0, 0.1) is 17.6 Å². The van der Waals surface area contributed by atoms with E-state index in [4.69, 9.17) is 0 Å². The standard InChI is InChI=1S/C17H17F2N3O2S/c18-11-6-13-14(7-12(11)19)25-17(20-13)21-16(24)9-5-15(23)22(8-9)10-3-1-2-4-10/h6-7,9-10H,1-5,8H2,(H,20,21,24)/t9-/m1/s1. The van der Waals surface area contributed by atoms with Crippen LogP contribution in [0.3, 0.4) is 0 Å². The molecule has 4 rings (SSSR count). The SMILES string of the molecule is O=C(Nc1nc2cc(F)c(F)cc2s1)[C@@H]1CC(=O)N(C2CCCC2)C1. The summed E-state index contributed by atoms with van der Waals surface area (Å²) in [6, 6.07) is 2.34. The largest absolute Gasteiger partial charge is 0.339 e. The van der Waals surface area contributed by atoms with Gasteiger partial charge >= 0.3 is 0 Å². The average molecular weight is 365 g/mol. The molecule has 2 aromatic rings. The second kappa shape index (κ2) is 6.33. The molecular weight excluding hydrogens is 348 g/mol. The topological polar surface area (TPSA) is 62.3 Å². The molecule has 1 atom stereocenters. The fourth-order valence-corrected chi connectivity index (χ4v) is 4.54. The Morgan fingerprint density at radius 1 is 1.24 bits per heavy atom. The van der Waals surface area contributed by atoms with E-state index in [1.165, 1.54) is 0 Å². The Morgan fingerprint density at radius 3 is 2.72 bits per heavy atom. The van der Waals surface area contributed by atoms with Crippen molar-refractivity contribution in [3.8, 4) is 0 Å². The molecule has 0 bridgehead atoms. The quantitative estimate of drug-likeness (QED) is 0.908. The molecule has 1 aliphatic carbocycles. The van der Waals surface area contributed by atoms with Crippen molar-refractivity contribution in [3.63, 3.8) is 0 Å². The van der Waals surface area contributed by atoms with Gasteiger partial charge in [0.2, 0.25) is 11.8 Å². The lowest BCUT2D eigenvalue weighted by molar-refractivity contribution is -0.129. The second-order valence-electron chi connectivity index (χ2n) is 6.63. The van der Waals surface area contributed by atoms with Crippen LogP contribution >= 0.6 is 11.3 Å². The molecule has 1 aromatic heterocycles.